The van der Waals surface area contributed by atoms with Crippen molar-refractivity contribution in [1.29, 1.82) is 0 Å². The van der Waals surface area contributed by atoms with Crippen molar-refractivity contribution >= 4 is 34.5 Å². The lowest BCUT2D eigenvalue weighted by atomic mass is 10.1. The van der Waals surface area contributed by atoms with Crippen molar-refractivity contribution in [2.75, 3.05) is 19.6 Å². The molecule has 1 aliphatic heterocycles. The minimum atomic E-state index is -0.971. The van der Waals surface area contributed by atoms with E-state index in [9.17, 15) is 9.59 Å². The molecule has 1 aromatic carbocycles. The molecular weight excluding hydrogens is 347 g/mol. The van der Waals surface area contributed by atoms with Crippen LogP contribution < -0.4 is 5.32 Å². The second-order valence-electron chi connectivity index (χ2n) is 4.04. The Morgan fingerprint density at radius 3 is 2.78 bits per heavy atom. The number of hydrogen-bond acceptors (Lipinski definition) is 3. The Bertz CT molecular complexity index is 478. The van der Waals surface area contributed by atoms with Gasteiger partial charge in [0.2, 0.25) is 0 Å². The third-order valence-electron chi connectivity index (χ3n) is 2.89. The fourth-order valence-corrected chi connectivity index (χ4v) is 2.58. The van der Waals surface area contributed by atoms with E-state index in [-0.39, 0.29) is 5.91 Å². The fraction of sp³-hybridized carbons (Fsp3) is 0.333. The predicted molar refractivity (Wildman–Crippen MR) is 74.5 cm³/mol. The van der Waals surface area contributed by atoms with Gasteiger partial charge in [0.05, 0.1) is 5.56 Å². The van der Waals surface area contributed by atoms with Crippen molar-refractivity contribution in [2.24, 2.45) is 0 Å². The number of halogens is 1. The van der Waals surface area contributed by atoms with Gasteiger partial charge in [-0.05, 0) is 34.7 Å². The van der Waals surface area contributed by atoms with Gasteiger partial charge in [-0.25, -0.2) is 4.79 Å². The zero-order valence-corrected chi connectivity index (χ0v) is 11.8. The first-order chi connectivity index (χ1) is 8.61. The summed E-state index contributed by atoms with van der Waals surface area (Å²) in [6.45, 7) is 1.34. The van der Waals surface area contributed by atoms with Gasteiger partial charge >= 0.3 is 5.97 Å². The molecule has 5 nitrogen and oxygen atoms in total. The number of rotatable bonds is 2. The Labute approximate surface area is 118 Å². The Morgan fingerprint density at radius 2 is 2.11 bits per heavy atom. The van der Waals surface area contributed by atoms with E-state index >= 15 is 0 Å². The predicted octanol–water partition coefficient (Wildman–Crippen LogP) is 0.790. The molecule has 0 aromatic heterocycles. The summed E-state index contributed by atoms with van der Waals surface area (Å²) >= 11 is 2.09. The van der Waals surface area contributed by atoms with E-state index in [1.54, 1.807) is 12.1 Å². The van der Waals surface area contributed by atoms with Gasteiger partial charge in [0.15, 0.2) is 0 Å². The smallest absolute Gasteiger partial charge is 0.327 e. The highest BCUT2D eigenvalue weighted by Crippen LogP contribution is 2.16. The Morgan fingerprint density at radius 1 is 1.39 bits per heavy atom. The second kappa shape index (κ2) is 5.66. The highest BCUT2D eigenvalue weighted by Gasteiger charge is 2.32. The van der Waals surface area contributed by atoms with Crippen LogP contribution in [0.4, 0.5) is 0 Å². The molecule has 0 aliphatic carbocycles. The first-order valence-corrected chi connectivity index (χ1v) is 6.68. The van der Waals surface area contributed by atoms with Crippen molar-refractivity contribution in [2.45, 2.75) is 6.04 Å². The summed E-state index contributed by atoms with van der Waals surface area (Å²) in [5, 5.41) is 12.1. The number of amides is 1. The molecule has 0 bridgehead atoms. The number of aliphatic carboxylic acids is 1. The maximum atomic E-state index is 12.4. The molecule has 0 saturated carbocycles. The lowest BCUT2D eigenvalue weighted by Crippen LogP contribution is -2.57. The highest BCUT2D eigenvalue weighted by molar-refractivity contribution is 14.1. The van der Waals surface area contributed by atoms with Crippen molar-refractivity contribution in [3.05, 3.63) is 33.4 Å². The van der Waals surface area contributed by atoms with E-state index in [1.165, 1.54) is 4.90 Å². The third-order valence-corrected chi connectivity index (χ3v) is 3.83. The minimum Gasteiger partial charge on any atom is -0.480 e. The summed E-state index contributed by atoms with van der Waals surface area (Å²) in [6, 6.07) is 6.41. The molecule has 96 valence electrons. The van der Waals surface area contributed by atoms with Crippen LogP contribution >= 0.6 is 22.6 Å². The van der Waals surface area contributed by atoms with Crippen LogP contribution in [0.25, 0.3) is 0 Å². The number of nitrogens with one attached hydrogen (secondary N) is 1. The third kappa shape index (κ3) is 2.64. The van der Waals surface area contributed by atoms with E-state index < -0.39 is 12.0 Å². The van der Waals surface area contributed by atoms with Gasteiger partial charge in [-0.1, -0.05) is 12.1 Å². The molecular formula is C12H13IN2O3. The fourth-order valence-electron chi connectivity index (χ4n) is 1.96. The van der Waals surface area contributed by atoms with E-state index in [1.807, 2.05) is 12.1 Å². The summed E-state index contributed by atoms with van der Waals surface area (Å²) in [5.41, 5.74) is 0.561. The van der Waals surface area contributed by atoms with Crippen LogP contribution in [-0.2, 0) is 4.79 Å². The lowest BCUT2D eigenvalue weighted by Gasteiger charge is -2.33. The van der Waals surface area contributed by atoms with Crippen LogP contribution in [0.5, 0.6) is 0 Å². The molecule has 1 aromatic rings. The van der Waals surface area contributed by atoms with Crippen LogP contribution in [0.3, 0.4) is 0 Å². The van der Waals surface area contributed by atoms with E-state index in [0.717, 1.165) is 3.57 Å². The van der Waals surface area contributed by atoms with Crippen LogP contribution in [0, 0.1) is 3.57 Å². The summed E-state index contributed by atoms with van der Waals surface area (Å²) in [6.07, 6.45) is 0. The molecule has 1 atom stereocenters. The molecule has 1 heterocycles. The van der Waals surface area contributed by atoms with Crippen molar-refractivity contribution < 1.29 is 14.7 Å². The molecule has 2 N–H and O–H groups in total. The zero-order valence-electron chi connectivity index (χ0n) is 9.60. The first kappa shape index (κ1) is 13.3. The number of piperazine rings is 1. The molecule has 2 rings (SSSR count). The quantitative estimate of drug-likeness (QED) is 0.766. The Hall–Kier alpha value is -1.15. The average molecular weight is 360 g/mol. The second-order valence-corrected chi connectivity index (χ2v) is 5.20. The van der Waals surface area contributed by atoms with Crippen molar-refractivity contribution in [3.63, 3.8) is 0 Å². The maximum Gasteiger partial charge on any atom is 0.327 e. The number of carboxylic acids is 1. The molecule has 1 unspecified atom stereocenters. The maximum absolute atomic E-state index is 12.4. The van der Waals surface area contributed by atoms with Crippen LogP contribution in [0.2, 0.25) is 0 Å². The van der Waals surface area contributed by atoms with Gasteiger partial charge in [-0.15, -0.1) is 0 Å². The first-order valence-electron chi connectivity index (χ1n) is 5.60. The normalized spacial score (nSPS) is 19.6. The number of carboxylic acid groups (broad SMARTS) is 1. The van der Waals surface area contributed by atoms with E-state index in [2.05, 4.69) is 27.9 Å². The van der Waals surface area contributed by atoms with Crippen molar-refractivity contribution in [3.8, 4) is 0 Å². The van der Waals surface area contributed by atoms with Gasteiger partial charge < -0.3 is 15.3 Å². The summed E-state index contributed by atoms with van der Waals surface area (Å²) in [4.78, 5) is 24.9. The van der Waals surface area contributed by atoms with Gasteiger partial charge in [0.25, 0.3) is 5.91 Å². The molecule has 18 heavy (non-hydrogen) atoms. The Balaban J connectivity index is 2.27. The van der Waals surface area contributed by atoms with Gasteiger partial charge in [-0.3, -0.25) is 4.79 Å². The van der Waals surface area contributed by atoms with Crippen LogP contribution in [0.1, 0.15) is 10.4 Å². The SMILES string of the molecule is O=C(O)C1CNCCN1C(=O)c1ccccc1I. The minimum absolute atomic E-state index is 0.214. The molecule has 1 aliphatic rings. The van der Waals surface area contributed by atoms with E-state index in [0.29, 0.717) is 25.2 Å². The molecule has 1 fully saturated rings. The largest absolute Gasteiger partial charge is 0.480 e. The number of nitrogens with zero attached hydrogens (tertiary/aromatic N) is 1. The number of carbonyl (C=O) groups is 2. The summed E-state index contributed by atoms with van der Waals surface area (Å²) in [5.74, 6) is -1.18. The van der Waals surface area contributed by atoms with Gasteiger partial charge in [0, 0.05) is 23.2 Å². The number of carbonyl (C=O) groups excluding carboxylic acids is 1. The molecule has 0 spiro atoms. The molecule has 0 radical (unpaired) electrons. The molecule has 6 heteroatoms. The Kier molecular flexibility index (Phi) is 4.18. The summed E-state index contributed by atoms with van der Waals surface area (Å²) in [7, 11) is 0. The van der Waals surface area contributed by atoms with E-state index in [4.69, 9.17) is 5.11 Å². The topological polar surface area (TPSA) is 69.6 Å². The number of hydrogen-bond donors (Lipinski definition) is 2. The monoisotopic (exact) mass is 360 g/mol. The van der Waals surface area contributed by atoms with Crippen LogP contribution in [-0.4, -0.2) is 47.6 Å². The highest BCUT2D eigenvalue weighted by atomic mass is 127. The van der Waals surface area contributed by atoms with Gasteiger partial charge in [-0.2, -0.15) is 0 Å². The summed E-state index contributed by atoms with van der Waals surface area (Å²) < 4.78 is 0.836. The molecule has 1 amide bonds. The number of benzene rings is 1. The average Bonchev–Trinajstić information content (AvgIpc) is 2.38. The lowest BCUT2D eigenvalue weighted by molar-refractivity contribution is -0.142. The zero-order chi connectivity index (χ0) is 13.1. The molecule has 1 saturated heterocycles. The standard InChI is InChI=1S/C12H13IN2O3/c13-9-4-2-1-3-8(9)11(16)15-6-5-14-7-10(15)12(17)18/h1-4,10,14H,5-7H2,(H,17,18). The van der Waals surface area contributed by atoms with Crippen molar-refractivity contribution in [1.82, 2.24) is 10.2 Å². The van der Waals surface area contributed by atoms with Gasteiger partial charge in [0.1, 0.15) is 6.04 Å². The van der Waals surface area contributed by atoms with Crippen LogP contribution in [0.15, 0.2) is 24.3 Å².